The van der Waals surface area contributed by atoms with Crippen molar-refractivity contribution in [3.63, 3.8) is 0 Å². The lowest BCUT2D eigenvalue weighted by Gasteiger charge is -2.22. The number of hydrogen-bond acceptors (Lipinski definition) is 2. The quantitative estimate of drug-likeness (QED) is 0.318. The summed E-state index contributed by atoms with van der Waals surface area (Å²) in [5.41, 5.74) is 7.78. The molecule has 34 heavy (non-hydrogen) atoms. The Balaban J connectivity index is 1.68. The molecule has 3 nitrogen and oxygen atoms in total. The average molecular weight is 452 g/mol. The van der Waals surface area contributed by atoms with E-state index in [2.05, 4.69) is 54.9 Å². The highest BCUT2D eigenvalue weighted by Crippen LogP contribution is 2.36. The van der Waals surface area contributed by atoms with Crippen molar-refractivity contribution in [2.75, 3.05) is 0 Å². The van der Waals surface area contributed by atoms with Crippen LogP contribution in [-0.4, -0.2) is 16.1 Å². The fourth-order valence-corrected chi connectivity index (χ4v) is 4.29. The molecule has 0 spiro atoms. The highest BCUT2D eigenvalue weighted by Gasteiger charge is 2.19. The molecule has 0 amide bonds. The van der Waals surface area contributed by atoms with Gasteiger partial charge >= 0.3 is 5.97 Å². The van der Waals surface area contributed by atoms with Crippen molar-refractivity contribution in [1.29, 1.82) is 0 Å². The molecule has 0 bridgehead atoms. The van der Waals surface area contributed by atoms with E-state index in [9.17, 15) is 9.18 Å². The Morgan fingerprint density at radius 1 is 0.971 bits per heavy atom. The van der Waals surface area contributed by atoms with Gasteiger partial charge in [-0.15, -0.1) is 0 Å². The van der Waals surface area contributed by atoms with Gasteiger partial charge < -0.3 is 5.11 Å². The van der Waals surface area contributed by atoms with E-state index in [1.807, 2.05) is 37.4 Å². The lowest BCUT2D eigenvalue weighted by molar-refractivity contribution is 0.0692. The third-order valence-corrected chi connectivity index (χ3v) is 6.17. The Morgan fingerprint density at radius 2 is 1.68 bits per heavy atom. The van der Waals surface area contributed by atoms with Gasteiger partial charge in [0.1, 0.15) is 5.82 Å². The van der Waals surface area contributed by atoms with E-state index in [1.54, 1.807) is 6.07 Å². The summed E-state index contributed by atoms with van der Waals surface area (Å²) in [6.07, 6.45) is 2.55. The monoisotopic (exact) mass is 451 g/mol. The van der Waals surface area contributed by atoms with Gasteiger partial charge in [0, 0.05) is 17.8 Å². The number of carboxylic acids is 1. The minimum Gasteiger partial charge on any atom is -0.478 e. The maximum absolute atomic E-state index is 14.2. The SMILES string of the molecule is C=C(CC(c1ccc(-c2ccc(C(=O)O)c(F)c2)cc1)c1ccccc1C)c1ccnc(C)c1. The molecule has 0 aliphatic rings. The summed E-state index contributed by atoms with van der Waals surface area (Å²) in [7, 11) is 0. The molecular formula is C30H26FNO2. The van der Waals surface area contributed by atoms with E-state index in [0.717, 1.165) is 34.4 Å². The molecule has 170 valence electrons. The molecule has 0 aliphatic carbocycles. The second-order valence-corrected chi connectivity index (χ2v) is 8.52. The number of carboxylic acid groups (broad SMARTS) is 1. The molecule has 1 unspecified atom stereocenters. The Kier molecular flexibility index (Phi) is 6.69. The zero-order chi connectivity index (χ0) is 24.2. The van der Waals surface area contributed by atoms with Crippen LogP contribution in [0.5, 0.6) is 0 Å². The van der Waals surface area contributed by atoms with Gasteiger partial charge in [0.15, 0.2) is 0 Å². The summed E-state index contributed by atoms with van der Waals surface area (Å²) < 4.78 is 14.2. The standard InChI is InChI=1S/C30H26FNO2/c1-19-6-4-5-7-26(19)28(16-20(2)24-14-15-32-21(3)17-24)23-10-8-22(9-11-23)25-12-13-27(30(33)34)29(31)18-25/h4-15,17-18,28H,2,16H2,1,3H3,(H,33,34). The van der Waals surface area contributed by atoms with Gasteiger partial charge in [-0.25, -0.2) is 9.18 Å². The molecule has 1 aromatic heterocycles. The third kappa shape index (κ3) is 4.96. The molecule has 4 heteroatoms. The number of benzene rings is 3. The number of carbonyl (C=O) groups is 1. The van der Waals surface area contributed by atoms with Crippen molar-refractivity contribution in [2.45, 2.75) is 26.2 Å². The molecule has 0 saturated carbocycles. The smallest absolute Gasteiger partial charge is 0.338 e. The van der Waals surface area contributed by atoms with Gasteiger partial charge in [0.25, 0.3) is 0 Å². The first-order valence-electron chi connectivity index (χ1n) is 11.1. The minimum atomic E-state index is -1.27. The van der Waals surface area contributed by atoms with Crippen LogP contribution in [0.3, 0.4) is 0 Å². The van der Waals surface area contributed by atoms with E-state index in [4.69, 9.17) is 5.11 Å². The van der Waals surface area contributed by atoms with E-state index >= 15 is 0 Å². The number of aromatic carboxylic acids is 1. The van der Waals surface area contributed by atoms with Crippen molar-refractivity contribution >= 4 is 11.5 Å². The van der Waals surface area contributed by atoms with Crippen molar-refractivity contribution in [1.82, 2.24) is 4.98 Å². The van der Waals surface area contributed by atoms with Gasteiger partial charge in [0.05, 0.1) is 5.56 Å². The van der Waals surface area contributed by atoms with Crippen LogP contribution in [-0.2, 0) is 0 Å². The van der Waals surface area contributed by atoms with Gasteiger partial charge in [-0.05, 0) is 83.5 Å². The molecule has 1 atom stereocenters. The second kappa shape index (κ2) is 9.84. The summed E-state index contributed by atoms with van der Waals surface area (Å²) in [5.74, 6) is -1.91. The first-order chi connectivity index (χ1) is 16.3. The first-order valence-corrected chi connectivity index (χ1v) is 11.1. The number of rotatable bonds is 7. The summed E-state index contributed by atoms with van der Waals surface area (Å²) in [5, 5.41) is 9.07. The Hall–Kier alpha value is -4.05. The zero-order valence-electron chi connectivity index (χ0n) is 19.3. The second-order valence-electron chi connectivity index (χ2n) is 8.52. The molecule has 4 aromatic rings. The molecular weight excluding hydrogens is 425 g/mol. The van der Waals surface area contributed by atoms with E-state index in [1.165, 1.54) is 23.3 Å². The van der Waals surface area contributed by atoms with Gasteiger partial charge in [-0.3, -0.25) is 4.98 Å². The summed E-state index contributed by atoms with van der Waals surface area (Å²) >= 11 is 0. The fourth-order valence-electron chi connectivity index (χ4n) is 4.29. The van der Waals surface area contributed by atoms with Crippen molar-refractivity contribution in [3.05, 3.63) is 131 Å². The fraction of sp³-hybridized carbons (Fsp3) is 0.133. The summed E-state index contributed by atoms with van der Waals surface area (Å²) in [6, 6.07) is 24.6. The van der Waals surface area contributed by atoms with E-state index in [-0.39, 0.29) is 11.5 Å². The van der Waals surface area contributed by atoms with Gasteiger partial charge in [0.2, 0.25) is 0 Å². The molecule has 3 aromatic carbocycles. The molecule has 4 rings (SSSR count). The number of aromatic nitrogens is 1. The van der Waals surface area contributed by atoms with Crippen LogP contribution in [0.15, 0.2) is 91.6 Å². The van der Waals surface area contributed by atoms with Gasteiger partial charge in [-0.2, -0.15) is 0 Å². The lowest BCUT2D eigenvalue weighted by Crippen LogP contribution is -2.05. The Morgan fingerprint density at radius 3 is 2.32 bits per heavy atom. The van der Waals surface area contributed by atoms with Crippen LogP contribution in [0.2, 0.25) is 0 Å². The minimum absolute atomic E-state index is 0.0994. The van der Waals surface area contributed by atoms with E-state index in [0.29, 0.717) is 5.56 Å². The van der Waals surface area contributed by atoms with Gasteiger partial charge in [-0.1, -0.05) is 61.2 Å². The maximum atomic E-state index is 14.2. The largest absolute Gasteiger partial charge is 0.478 e. The molecule has 1 heterocycles. The number of hydrogen-bond donors (Lipinski definition) is 1. The van der Waals surface area contributed by atoms with Crippen molar-refractivity contribution in [3.8, 4) is 11.1 Å². The first kappa shape index (κ1) is 23.1. The normalized spacial score (nSPS) is 11.7. The summed E-state index contributed by atoms with van der Waals surface area (Å²) in [6.45, 7) is 8.45. The van der Waals surface area contributed by atoms with Crippen molar-refractivity contribution in [2.24, 2.45) is 0 Å². The number of halogens is 1. The van der Waals surface area contributed by atoms with Crippen LogP contribution in [0.25, 0.3) is 16.7 Å². The average Bonchev–Trinajstić information content (AvgIpc) is 2.83. The highest BCUT2D eigenvalue weighted by atomic mass is 19.1. The number of pyridine rings is 1. The molecule has 0 fully saturated rings. The predicted octanol–water partition coefficient (Wildman–Crippen LogP) is 7.44. The number of allylic oxidation sites excluding steroid dienone is 1. The molecule has 1 N–H and O–H groups in total. The zero-order valence-corrected chi connectivity index (χ0v) is 19.3. The summed E-state index contributed by atoms with van der Waals surface area (Å²) in [4.78, 5) is 15.4. The third-order valence-electron chi connectivity index (χ3n) is 6.17. The van der Waals surface area contributed by atoms with Crippen LogP contribution < -0.4 is 0 Å². The topological polar surface area (TPSA) is 50.2 Å². The Bertz CT molecular complexity index is 1360. The maximum Gasteiger partial charge on any atom is 0.338 e. The van der Waals surface area contributed by atoms with Crippen LogP contribution >= 0.6 is 0 Å². The number of aryl methyl sites for hydroxylation is 2. The number of nitrogens with zero attached hydrogens (tertiary/aromatic N) is 1. The molecule has 0 saturated heterocycles. The van der Waals surface area contributed by atoms with Crippen LogP contribution in [0.4, 0.5) is 4.39 Å². The van der Waals surface area contributed by atoms with Crippen LogP contribution in [0, 0.1) is 19.7 Å². The van der Waals surface area contributed by atoms with Crippen molar-refractivity contribution < 1.29 is 14.3 Å². The molecule has 0 radical (unpaired) electrons. The highest BCUT2D eigenvalue weighted by molar-refractivity contribution is 5.88. The lowest BCUT2D eigenvalue weighted by atomic mass is 9.82. The van der Waals surface area contributed by atoms with E-state index < -0.39 is 11.8 Å². The predicted molar refractivity (Wildman–Crippen MR) is 134 cm³/mol. The Labute approximate surface area is 199 Å². The molecule has 0 aliphatic heterocycles. The van der Waals surface area contributed by atoms with Crippen LogP contribution in [0.1, 0.15) is 50.6 Å².